The van der Waals surface area contributed by atoms with Crippen LogP contribution in [0.15, 0.2) is 60.7 Å². The molecule has 0 spiro atoms. The summed E-state index contributed by atoms with van der Waals surface area (Å²) in [6.45, 7) is 1.23. The van der Waals surface area contributed by atoms with Gasteiger partial charge in [0.15, 0.2) is 0 Å². The normalized spacial score (nSPS) is 14.6. The van der Waals surface area contributed by atoms with Gasteiger partial charge in [-0.2, -0.15) is 0 Å². The maximum atomic E-state index is 9.58. The predicted octanol–water partition coefficient (Wildman–Crippen LogP) is 0.797. The minimum absolute atomic E-state index is 0.0246. The van der Waals surface area contributed by atoms with Crippen LogP contribution in [0.25, 0.3) is 0 Å². The van der Waals surface area contributed by atoms with Crippen LogP contribution in [0.2, 0.25) is 0 Å². The van der Waals surface area contributed by atoms with Crippen molar-refractivity contribution in [1.29, 1.82) is 0 Å². The van der Waals surface area contributed by atoms with E-state index in [1.54, 1.807) is 0 Å². The topological polar surface area (TPSA) is 103 Å². The number of hydrogen-bond donors (Lipinski definition) is 4. The molecular formula is C23H33NO6. The van der Waals surface area contributed by atoms with Gasteiger partial charge in [-0.1, -0.05) is 60.7 Å². The molecule has 0 fully saturated rings. The lowest BCUT2D eigenvalue weighted by Gasteiger charge is -2.32. The Labute approximate surface area is 178 Å². The molecule has 0 aliphatic carbocycles. The van der Waals surface area contributed by atoms with Gasteiger partial charge in [-0.25, -0.2) is 0 Å². The minimum Gasteiger partial charge on any atom is -0.394 e. The highest BCUT2D eigenvalue weighted by Crippen LogP contribution is 2.15. The SMILES string of the molecule is OCC(O)COCC(COCC(O)CO)N(Cc1ccccc1)Cc1ccccc1. The van der Waals surface area contributed by atoms with Crippen molar-refractivity contribution in [2.75, 3.05) is 39.6 Å². The number of rotatable bonds is 15. The van der Waals surface area contributed by atoms with E-state index in [0.29, 0.717) is 13.1 Å². The fourth-order valence-corrected chi connectivity index (χ4v) is 2.99. The number of aliphatic hydroxyl groups is 4. The van der Waals surface area contributed by atoms with Gasteiger partial charge < -0.3 is 29.9 Å². The summed E-state index contributed by atoms with van der Waals surface area (Å²) in [6.07, 6.45) is -1.86. The molecule has 0 saturated carbocycles. The van der Waals surface area contributed by atoms with E-state index in [2.05, 4.69) is 29.2 Å². The number of nitrogens with zero attached hydrogens (tertiary/aromatic N) is 1. The molecule has 0 saturated heterocycles. The van der Waals surface area contributed by atoms with Crippen LogP contribution in [0, 0.1) is 0 Å². The lowest BCUT2D eigenvalue weighted by molar-refractivity contribution is -0.0517. The number of hydrogen-bond acceptors (Lipinski definition) is 7. The zero-order chi connectivity index (χ0) is 21.6. The maximum absolute atomic E-state index is 9.58. The highest BCUT2D eigenvalue weighted by atomic mass is 16.5. The second-order valence-corrected chi connectivity index (χ2v) is 7.28. The second kappa shape index (κ2) is 14.2. The van der Waals surface area contributed by atoms with E-state index in [1.165, 1.54) is 0 Å². The molecule has 0 aliphatic heterocycles. The molecule has 30 heavy (non-hydrogen) atoms. The lowest BCUT2D eigenvalue weighted by Crippen LogP contribution is -2.42. The highest BCUT2D eigenvalue weighted by molar-refractivity contribution is 5.17. The summed E-state index contributed by atoms with van der Waals surface area (Å²) in [4.78, 5) is 2.22. The van der Waals surface area contributed by atoms with Crippen molar-refractivity contribution in [3.05, 3.63) is 71.8 Å². The minimum atomic E-state index is -0.931. The van der Waals surface area contributed by atoms with Crippen molar-refractivity contribution in [3.8, 4) is 0 Å². The van der Waals surface area contributed by atoms with Crippen molar-refractivity contribution < 1.29 is 29.9 Å². The number of benzene rings is 2. The van der Waals surface area contributed by atoms with E-state index in [4.69, 9.17) is 19.7 Å². The molecule has 0 amide bonds. The monoisotopic (exact) mass is 419 g/mol. The van der Waals surface area contributed by atoms with Crippen LogP contribution in [-0.2, 0) is 22.6 Å². The lowest BCUT2D eigenvalue weighted by atomic mass is 10.1. The van der Waals surface area contributed by atoms with Crippen molar-refractivity contribution in [3.63, 3.8) is 0 Å². The van der Waals surface area contributed by atoms with Crippen LogP contribution < -0.4 is 0 Å². The summed E-state index contributed by atoms with van der Waals surface area (Å²) in [5.41, 5.74) is 2.29. The van der Waals surface area contributed by atoms with E-state index in [9.17, 15) is 10.2 Å². The molecule has 0 aliphatic rings. The first-order chi connectivity index (χ1) is 14.6. The van der Waals surface area contributed by atoms with Crippen molar-refractivity contribution in [2.45, 2.75) is 31.3 Å². The van der Waals surface area contributed by atoms with Crippen LogP contribution in [0.5, 0.6) is 0 Å². The molecule has 2 atom stereocenters. The summed E-state index contributed by atoms with van der Waals surface area (Å²) in [7, 11) is 0. The number of ether oxygens (including phenoxy) is 2. The summed E-state index contributed by atoms with van der Waals surface area (Å²) in [6, 6.07) is 20.0. The largest absolute Gasteiger partial charge is 0.394 e. The fraction of sp³-hybridized carbons (Fsp3) is 0.478. The van der Waals surface area contributed by atoms with Gasteiger partial charge in [-0.3, -0.25) is 4.90 Å². The van der Waals surface area contributed by atoms with Crippen LogP contribution in [0.1, 0.15) is 11.1 Å². The third-order valence-corrected chi connectivity index (χ3v) is 4.64. The Kier molecular flexibility index (Phi) is 11.6. The van der Waals surface area contributed by atoms with Crippen LogP contribution >= 0.6 is 0 Å². The molecule has 7 nitrogen and oxygen atoms in total. The Bertz CT molecular complexity index is 614. The quantitative estimate of drug-likeness (QED) is 0.339. The van der Waals surface area contributed by atoms with Crippen LogP contribution in [0.4, 0.5) is 0 Å². The number of aliphatic hydroxyl groups excluding tert-OH is 4. The van der Waals surface area contributed by atoms with E-state index in [1.807, 2.05) is 36.4 Å². The summed E-state index contributed by atoms with van der Waals surface area (Å²) in [5, 5.41) is 37.2. The van der Waals surface area contributed by atoms with Gasteiger partial charge in [0.1, 0.15) is 12.2 Å². The zero-order valence-corrected chi connectivity index (χ0v) is 17.2. The van der Waals surface area contributed by atoms with Gasteiger partial charge in [0.25, 0.3) is 0 Å². The van der Waals surface area contributed by atoms with E-state index in [0.717, 1.165) is 11.1 Å². The first-order valence-electron chi connectivity index (χ1n) is 10.2. The molecule has 2 rings (SSSR count). The van der Waals surface area contributed by atoms with Gasteiger partial charge in [0.05, 0.1) is 45.7 Å². The van der Waals surface area contributed by atoms with Gasteiger partial charge >= 0.3 is 0 Å². The molecule has 7 heteroatoms. The van der Waals surface area contributed by atoms with Crippen molar-refractivity contribution in [2.24, 2.45) is 0 Å². The summed E-state index contributed by atoms with van der Waals surface area (Å²) < 4.78 is 11.3. The first kappa shape index (κ1) is 24.4. The van der Waals surface area contributed by atoms with E-state index >= 15 is 0 Å². The van der Waals surface area contributed by atoms with Crippen LogP contribution in [-0.4, -0.2) is 83.2 Å². The molecular weight excluding hydrogens is 386 g/mol. The predicted molar refractivity (Wildman–Crippen MR) is 114 cm³/mol. The van der Waals surface area contributed by atoms with E-state index in [-0.39, 0.29) is 45.7 Å². The zero-order valence-electron chi connectivity index (χ0n) is 17.2. The van der Waals surface area contributed by atoms with E-state index < -0.39 is 12.2 Å². The third-order valence-electron chi connectivity index (χ3n) is 4.64. The van der Waals surface area contributed by atoms with Crippen LogP contribution in [0.3, 0.4) is 0 Å². The third kappa shape index (κ3) is 9.32. The average Bonchev–Trinajstić information content (AvgIpc) is 2.78. The molecule has 2 aromatic rings. The Balaban J connectivity index is 2.12. The molecule has 0 radical (unpaired) electrons. The Morgan fingerprint density at radius 1 is 0.633 bits per heavy atom. The summed E-state index contributed by atoms with van der Waals surface area (Å²) in [5.74, 6) is 0. The molecule has 2 aromatic carbocycles. The molecule has 4 N–H and O–H groups in total. The standard InChI is InChI=1S/C23H33NO6/c25-13-22(27)17-29-15-21(16-30-18-23(28)14-26)24(11-19-7-3-1-4-8-19)12-20-9-5-2-6-10-20/h1-10,21-23,25-28H,11-18H2. The van der Waals surface area contributed by atoms with Crippen molar-refractivity contribution >= 4 is 0 Å². The highest BCUT2D eigenvalue weighted by Gasteiger charge is 2.21. The van der Waals surface area contributed by atoms with Crippen molar-refractivity contribution in [1.82, 2.24) is 4.90 Å². The maximum Gasteiger partial charge on any atom is 0.100 e. The van der Waals surface area contributed by atoms with Gasteiger partial charge in [0.2, 0.25) is 0 Å². The molecule has 0 bridgehead atoms. The average molecular weight is 420 g/mol. The smallest absolute Gasteiger partial charge is 0.100 e. The molecule has 0 aromatic heterocycles. The summed E-state index contributed by atoms with van der Waals surface area (Å²) >= 11 is 0. The Hall–Kier alpha value is -1.84. The Morgan fingerprint density at radius 2 is 1.03 bits per heavy atom. The fourth-order valence-electron chi connectivity index (χ4n) is 2.99. The molecule has 0 heterocycles. The van der Waals surface area contributed by atoms with Gasteiger partial charge in [0, 0.05) is 13.1 Å². The molecule has 166 valence electrons. The Morgan fingerprint density at radius 3 is 1.40 bits per heavy atom. The van der Waals surface area contributed by atoms with Gasteiger partial charge in [-0.05, 0) is 11.1 Å². The molecule has 2 unspecified atom stereocenters. The first-order valence-corrected chi connectivity index (χ1v) is 10.2. The van der Waals surface area contributed by atoms with Gasteiger partial charge in [-0.15, -0.1) is 0 Å². The second-order valence-electron chi connectivity index (χ2n) is 7.28.